The van der Waals surface area contributed by atoms with Crippen molar-refractivity contribution in [1.82, 2.24) is 19.7 Å². The molecule has 0 atom stereocenters. The number of carbonyl (C=O) groups is 1. The van der Waals surface area contributed by atoms with E-state index >= 15 is 0 Å². The minimum absolute atomic E-state index is 0.127. The summed E-state index contributed by atoms with van der Waals surface area (Å²) in [6.45, 7) is 4.16. The first-order valence-corrected chi connectivity index (χ1v) is 11.2. The lowest BCUT2D eigenvalue weighted by Gasteiger charge is -2.42. The first-order valence-electron chi connectivity index (χ1n) is 10.8. The van der Waals surface area contributed by atoms with Crippen LogP contribution in [0.25, 0.3) is 11.3 Å². The van der Waals surface area contributed by atoms with Gasteiger partial charge in [0.15, 0.2) is 5.72 Å². The first kappa shape index (κ1) is 22.0. The summed E-state index contributed by atoms with van der Waals surface area (Å²) in [5, 5.41) is 4.84. The molecule has 0 spiro atoms. The van der Waals surface area contributed by atoms with Crippen LogP contribution in [0.15, 0.2) is 73.2 Å². The zero-order valence-corrected chi connectivity index (χ0v) is 19.8. The number of fused-ring (bicyclic) bond motifs is 1. The van der Waals surface area contributed by atoms with Crippen molar-refractivity contribution in [3.8, 4) is 28.5 Å². The number of nitrogens with zero attached hydrogens (tertiary/aromatic N) is 4. The fourth-order valence-corrected chi connectivity index (χ4v) is 4.03. The molecule has 0 aliphatic carbocycles. The topological polar surface area (TPSA) is 69.5 Å². The van der Waals surface area contributed by atoms with E-state index in [2.05, 4.69) is 10.1 Å². The predicted octanol–water partition coefficient (Wildman–Crippen LogP) is 5.70. The maximum Gasteiger partial charge on any atom is 0.261 e. The number of hydrogen-bond acceptors (Lipinski definition) is 5. The fourth-order valence-electron chi connectivity index (χ4n) is 3.90. The van der Waals surface area contributed by atoms with Crippen molar-refractivity contribution < 1.29 is 14.3 Å². The van der Waals surface area contributed by atoms with Gasteiger partial charge in [-0.15, -0.1) is 0 Å². The Morgan fingerprint density at radius 3 is 2.56 bits per heavy atom. The summed E-state index contributed by atoms with van der Waals surface area (Å²) in [6.07, 6.45) is 5.32. The Hall–Kier alpha value is -3.84. The third-order valence-corrected chi connectivity index (χ3v) is 5.91. The van der Waals surface area contributed by atoms with Crippen LogP contribution in [0.2, 0.25) is 5.02 Å². The second-order valence-electron chi connectivity index (χ2n) is 8.61. The lowest BCUT2D eigenvalue weighted by atomic mass is 10.0. The minimum Gasteiger partial charge on any atom is -0.468 e. The molecule has 0 bridgehead atoms. The maximum absolute atomic E-state index is 13.5. The van der Waals surface area contributed by atoms with E-state index in [1.54, 1.807) is 46.2 Å². The molecule has 2 aromatic carbocycles. The van der Waals surface area contributed by atoms with Crippen LogP contribution < -0.4 is 9.47 Å². The summed E-state index contributed by atoms with van der Waals surface area (Å²) >= 11 is 6.01. The monoisotopic (exact) mass is 474 g/mol. The molecule has 34 heavy (non-hydrogen) atoms. The maximum atomic E-state index is 13.5. The highest BCUT2D eigenvalue weighted by Crippen LogP contribution is 2.37. The standard InChI is InChI=1S/C26H23ClN4O3/c1-26(2)31(15-17-4-6-19(27)7-5-17)25(32)22-12-20(8-9-24(22)34-26)33-21-10-11-28-23(13-21)18-14-29-30(3)16-18/h4-14,16H,15H2,1-3H3. The number of benzene rings is 2. The van der Waals surface area contributed by atoms with Crippen molar-refractivity contribution in [3.05, 3.63) is 89.3 Å². The van der Waals surface area contributed by atoms with Crippen molar-refractivity contribution in [2.24, 2.45) is 7.05 Å². The SMILES string of the molecule is Cn1cc(-c2cc(Oc3ccc4c(c3)C(=O)N(Cc3ccc(Cl)cc3)C(C)(C)O4)ccn2)cn1. The van der Waals surface area contributed by atoms with Crippen LogP contribution in [0.3, 0.4) is 0 Å². The Labute approximate surface area is 202 Å². The Bertz CT molecular complexity index is 1360. The number of carbonyl (C=O) groups excluding carboxylic acids is 1. The van der Waals surface area contributed by atoms with Crippen LogP contribution in [0.4, 0.5) is 0 Å². The van der Waals surface area contributed by atoms with Gasteiger partial charge < -0.3 is 9.47 Å². The van der Waals surface area contributed by atoms with Gasteiger partial charge in [-0.05, 0) is 55.8 Å². The molecule has 3 heterocycles. The smallest absolute Gasteiger partial charge is 0.261 e. The minimum atomic E-state index is -0.810. The van der Waals surface area contributed by atoms with Gasteiger partial charge in [0.25, 0.3) is 5.91 Å². The molecule has 172 valence electrons. The van der Waals surface area contributed by atoms with Gasteiger partial charge in [0.2, 0.25) is 0 Å². The second-order valence-corrected chi connectivity index (χ2v) is 9.04. The molecular formula is C26H23ClN4O3. The average Bonchev–Trinajstić information content (AvgIpc) is 3.25. The second kappa shape index (κ2) is 8.50. The molecule has 0 N–H and O–H groups in total. The van der Waals surface area contributed by atoms with E-state index < -0.39 is 5.72 Å². The lowest BCUT2D eigenvalue weighted by Crippen LogP contribution is -2.54. The third-order valence-electron chi connectivity index (χ3n) is 5.66. The number of pyridine rings is 1. The predicted molar refractivity (Wildman–Crippen MR) is 129 cm³/mol. The molecular weight excluding hydrogens is 452 g/mol. The summed E-state index contributed by atoms with van der Waals surface area (Å²) in [7, 11) is 1.85. The Balaban J connectivity index is 1.41. The summed E-state index contributed by atoms with van der Waals surface area (Å²) in [6, 6.07) is 16.3. The number of aryl methyl sites for hydroxylation is 1. The van der Waals surface area contributed by atoms with Crippen LogP contribution in [0, 0.1) is 0 Å². The van der Waals surface area contributed by atoms with Crippen molar-refractivity contribution in [2.75, 3.05) is 0 Å². The molecule has 8 heteroatoms. The van der Waals surface area contributed by atoms with Gasteiger partial charge in [0.1, 0.15) is 17.2 Å². The highest BCUT2D eigenvalue weighted by Gasteiger charge is 2.40. The normalized spacial score (nSPS) is 14.5. The summed E-state index contributed by atoms with van der Waals surface area (Å²) < 4.78 is 14.0. The van der Waals surface area contributed by atoms with E-state index in [4.69, 9.17) is 21.1 Å². The third kappa shape index (κ3) is 4.34. The molecule has 7 nitrogen and oxygen atoms in total. The number of ether oxygens (including phenoxy) is 2. The number of amides is 1. The Morgan fingerprint density at radius 1 is 1.06 bits per heavy atom. The van der Waals surface area contributed by atoms with Gasteiger partial charge >= 0.3 is 0 Å². The van der Waals surface area contributed by atoms with Crippen LogP contribution in [0.1, 0.15) is 29.8 Å². The van der Waals surface area contributed by atoms with E-state index in [1.165, 1.54) is 0 Å². The molecule has 0 fully saturated rings. The van der Waals surface area contributed by atoms with Crippen LogP contribution in [-0.4, -0.2) is 31.3 Å². The van der Waals surface area contributed by atoms with Crippen LogP contribution in [-0.2, 0) is 13.6 Å². The number of aromatic nitrogens is 3. The number of rotatable bonds is 5. The molecule has 5 rings (SSSR count). The molecule has 0 radical (unpaired) electrons. The largest absolute Gasteiger partial charge is 0.468 e. The van der Waals surface area contributed by atoms with Crippen molar-refractivity contribution in [3.63, 3.8) is 0 Å². The Morgan fingerprint density at radius 2 is 1.82 bits per heavy atom. The number of hydrogen-bond donors (Lipinski definition) is 0. The molecule has 0 saturated heterocycles. The zero-order valence-electron chi connectivity index (χ0n) is 19.0. The van der Waals surface area contributed by atoms with E-state index in [0.29, 0.717) is 34.4 Å². The van der Waals surface area contributed by atoms with Gasteiger partial charge in [-0.3, -0.25) is 19.4 Å². The van der Waals surface area contributed by atoms with E-state index in [0.717, 1.165) is 16.8 Å². The van der Waals surface area contributed by atoms with E-state index in [9.17, 15) is 4.79 Å². The fraction of sp³-hybridized carbons (Fsp3) is 0.192. The lowest BCUT2D eigenvalue weighted by molar-refractivity contribution is -0.0536. The summed E-state index contributed by atoms with van der Waals surface area (Å²) in [5.41, 5.74) is 2.24. The average molecular weight is 475 g/mol. The summed E-state index contributed by atoms with van der Waals surface area (Å²) in [4.78, 5) is 19.6. The molecule has 2 aromatic heterocycles. The van der Waals surface area contributed by atoms with Crippen molar-refractivity contribution in [2.45, 2.75) is 26.1 Å². The van der Waals surface area contributed by atoms with Crippen molar-refractivity contribution >= 4 is 17.5 Å². The van der Waals surface area contributed by atoms with Gasteiger partial charge in [0.05, 0.1) is 17.5 Å². The zero-order chi connectivity index (χ0) is 23.9. The first-order chi connectivity index (χ1) is 16.3. The molecule has 0 saturated carbocycles. The highest BCUT2D eigenvalue weighted by molar-refractivity contribution is 6.30. The molecule has 1 amide bonds. The highest BCUT2D eigenvalue weighted by atomic mass is 35.5. The molecule has 1 aliphatic heterocycles. The van der Waals surface area contributed by atoms with Gasteiger partial charge in [-0.1, -0.05) is 23.7 Å². The van der Waals surface area contributed by atoms with Gasteiger partial charge in [-0.2, -0.15) is 5.10 Å². The molecule has 0 unspecified atom stereocenters. The van der Waals surface area contributed by atoms with E-state index in [1.807, 2.05) is 57.4 Å². The Kier molecular flexibility index (Phi) is 5.49. The van der Waals surface area contributed by atoms with Gasteiger partial charge in [-0.25, -0.2) is 0 Å². The summed E-state index contributed by atoms with van der Waals surface area (Å²) in [5.74, 6) is 1.54. The van der Waals surface area contributed by atoms with Crippen LogP contribution >= 0.6 is 11.6 Å². The van der Waals surface area contributed by atoms with Crippen molar-refractivity contribution in [1.29, 1.82) is 0 Å². The van der Waals surface area contributed by atoms with Gasteiger partial charge in [0, 0.05) is 42.6 Å². The molecule has 4 aromatic rings. The molecule has 1 aliphatic rings. The van der Waals surface area contributed by atoms with E-state index in [-0.39, 0.29) is 5.91 Å². The quantitative estimate of drug-likeness (QED) is 0.371. The number of halogens is 1. The van der Waals surface area contributed by atoms with Crippen LogP contribution in [0.5, 0.6) is 17.2 Å².